The van der Waals surface area contributed by atoms with Crippen LogP contribution in [0.1, 0.15) is 12.5 Å². The second kappa shape index (κ2) is 6.45. The Hall–Kier alpha value is -2.28. The van der Waals surface area contributed by atoms with Gasteiger partial charge in [-0.1, -0.05) is 23.7 Å². The summed E-state index contributed by atoms with van der Waals surface area (Å²) in [4.78, 5) is 35.2. The molecule has 0 saturated carbocycles. The zero-order valence-corrected chi connectivity index (χ0v) is 12.1. The highest BCUT2D eigenvalue weighted by atomic mass is 35.5. The van der Waals surface area contributed by atoms with E-state index in [0.717, 1.165) is 15.6 Å². The number of rotatable bonds is 3. The van der Waals surface area contributed by atoms with Crippen LogP contribution in [0.3, 0.4) is 0 Å². The average Bonchev–Trinajstić information content (AvgIpc) is 2.44. The van der Waals surface area contributed by atoms with Crippen LogP contribution in [0.15, 0.2) is 24.3 Å². The van der Waals surface area contributed by atoms with Crippen LogP contribution in [-0.2, 0) is 16.1 Å². The number of nitrogens with one attached hydrogen (secondary N) is 1. The van der Waals surface area contributed by atoms with Crippen molar-refractivity contribution in [3.63, 3.8) is 0 Å². The molecule has 1 aromatic rings. The van der Waals surface area contributed by atoms with E-state index in [1.54, 1.807) is 31.2 Å². The van der Waals surface area contributed by atoms with E-state index in [1.807, 2.05) is 0 Å². The second-order valence-electron chi connectivity index (χ2n) is 4.29. The Balaban J connectivity index is 2.19. The maximum atomic E-state index is 11.9. The van der Waals surface area contributed by atoms with E-state index in [2.05, 4.69) is 5.32 Å². The van der Waals surface area contributed by atoms with Crippen LogP contribution in [0.25, 0.3) is 0 Å². The van der Waals surface area contributed by atoms with Crippen LogP contribution in [0.5, 0.6) is 0 Å². The Morgan fingerprint density at radius 1 is 1.33 bits per heavy atom. The molecule has 0 radical (unpaired) electrons. The average molecular weight is 312 g/mol. The molecule has 4 amide bonds. The molecule has 2 rings (SSSR count). The number of hydrogen-bond acceptors (Lipinski definition) is 4. The predicted octanol–water partition coefficient (Wildman–Crippen LogP) is 1.77. The summed E-state index contributed by atoms with van der Waals surface area (Å²) in [6.07, 6.45) is -0.741. The van der Waals surface area contributed by atoms with Crippen molar-refractivity contribution in [2.75, 3.05) is 13.2 Å². The maximum absolute atomic E-state index is 11.9. The first kappa shape index (κ1) is 15.1. The summed E-state index contributed by atoms with van der Waals surface area (Å²) in [6.45, 7) is 1.65. The molecule has 0 unspecified atom stereocenters. The lowest BCUT2D eigenvalue weighted by Gasteiger charge is -2.36. The fourth-order valence-corrected chi connectivity index (χ4v) is 1.96. The quantitative estimate of drug-likeness (QED) is 0.922. The minimum atomic E-state index is -0.741. The topological polar surface area (TPSA) is 79.0 Å². The van der Waals surface area contributed by atoms with Gasteiger partial charge < -0.3 is 4.74 Å². The Labute approximate surface area is 126 Å². The van der Waals surface area contributed by atoms with Gasteiger partial charge in [-0.3, -0.25) is 10.1 Å². The predicted molar refractivity (Wildman–Crippen MR) is 74.3 cm³/mol. The second-order valence-corrected chi connectivity index (χ2v) is 4.73. The maximum Gasteiger partial charge on any atom is 0.429 e. The molecule has 8 heteroatoms. The van der Waals surface area contributed by atoms with Crippen LogP contribution in [0.4, 0.5) is 9.59 Å². The molecule has 0 aromatic heterocycles. The normalized spacial score (nSPS) is 15.0. The number of amides is 4. The summed E-state index contributed by atoms with van der Waals surface area (Å²) in [5.41, 5.74) is 0.762. The van der Waals surface area contributed by atoms with Crippen molar-refractivity contribution < 1.29 is 19.1 Å². The first-order valence-electron chi connectivity index (χ1n) is 6.31. The first-order chi connectivity index (χ1) is 10.0. The molecular formula is C13H14ClN3O4. The van der Waals surface area contributed by atoms with Crippen molar-refractivity contribution >= 4 is 29.6 Å². The standard InChI is InChI=1S/C13H14ClN3O4/c1-2-21-13(20)17-8-11(18)15-12(19)16(17)7-9-3-5-10(14)6-4-9/h3-6H,2,7-8H2,1H3,(H,15,18,19). The van der Waals surface area contributed by atoms with E-state index in [9.17, 15) is 14.4 Å². The third-order valence-electron chi connectivity index (χ3n) is 2.79. The molecule has 0 aliphatic carbocycles. The minimum Gasteiger partial charge on any atom is -0.448 e. The molecule has 0 atom stereocenters. The molecule has 21 heavy (non-hydrogen) atoms. The van der Waals surface area contributed by atoms with Crippen molar-refractivity contribution in [1.29, 1.82) is 0 Å². The molecule has 0 bridgehead atoms. The van der Waals surface area contributed by atoms with Gasteiger partial charge in [-0.2, -0.15) is 0 Å². The van der Waals surface area contributed by atoms with Crippen LogP contribution in [-0.4, -0.2) is 41.2 Å². The Morgan fingerprint density at radius 3 is 2.62 bits per heavy atom. The molecule has 1 aliphatic heterocycles. The number of hydrazine groups is 1. The van der Waals surface area contributed by atoms with Crippen LogP contribution >= 0.6 is 11.6 Å². The molecule has 1 aliphatic rings. The van der Waals surface area contributed by atoms with E-state index in [1.165, 1.54) is 0 Å². The molecule has 1 heterocycles. The molecule has 0 spiro atoms. The smallest absolute Gasteiger partial charge is 0.429 e. The molecule has 1 fully saturated rings. The monoisotopic (exact) mass is 311 g/mol. The number of nitrogens with zero attached hydrogens (tertiary/aromatic N) is 2. The zero-order valence-electron chi connectivity index (χ0n) is 11.3. The van der Waals surface area contributed by atoms with Gasteiger partial charge in [-0.15, -0.1) is 0 Å². The van der Waals surface area contributed by atoms with Crippen molar-refractivity contribution in [2.45, 2.75) is 13.5 Å². The lowest BCUT2D eigenvalue weighted by atomic mass is 10.2. The summed E-state index contributed by atoms with van der Waals surface area (Å²) in [5, 5.41) is 4.84. The number of ether oxygens (including phenoxy) is 1. The van der Waals surface area contributed by atoms with E-state index in [0.29, 0.717) is 5.02 Å². The molecule has 1 aromatic carbocycles. The highest BCUT2D eigenvalue weighted by Crippen LogP contribution is 2.15. The van der Waals surface area contributed by atoms with Crippen LogP contribution < -0.4 is 5.32 Å². The number of urea groups is 1. The first-order valence-corrected chi connectivity index (χ1v) is 6.69. The van der Waals surface area contributed by atoms with Crippen LogP contribution in [0, 0.1) is 0 Å². The van der Waals surface area contributed by atoms with Gasteiger partial charge in [0.05, 0.1) is 13.2 Å². The Bertz CT molecular complexity index is 561. The fraction of sp³-hybridized carbons (Fsp3) is 0.308. The number of imide groups is 1. The van der Waals surface area contributed by atoms with Gasteiger partial charge in [0.25, 0.3) is 0 Å². The largest absolute Gasteiger partial charge is 0.448 e. The van der Waals surface area contributed by atoms with Crippen molar-refractivity contribution in [1.82, 2.24) is 15.3 Å². The van der Waals surface area contributed by atoms with Gasteiger partial charge in [-0.05, 0) is 24.6 Å². The molecular weight excluding hydrogens is 298 g/mol. The zero-order chi connectivity index (χ0) is 15.4. The summed E-state index contributed by atoms with van der Waals surface area (Å²) in [5.74, 6) is -0.555. The van der Waals surface area contributed by atoms with Crippen molar-refractivity contribution in [3.8, 4) is 0 Å². The molecule has 1 N–H and O–H groups in total. The van der Waals surface area contributed by atoms with Crippen molar-refractivity contribution in [2.24, 2.45) is 0 Å². The number of carbonyl (C=O) groups is 3. The van der Waals surface area contributed by atoms with Crippen molar-refractivity contribution in [3.05, 3.63) is 34.9 Å². The molecule has 7 nitrogen and oxygen atoms in total. The molecule has 1 saturated heterocycles. The minimum absolute atomic E-state index is 0.120. The van der Waals surface area contributed by atoms with E-state index < -0.39 is 18.0 Å². The third kappa shape index (κ3) is 3.63. The summed E-state index contributed by atoms with van der Waals surface area (Å²) < 4.78 is 4.86. The summed E-state index contributed by atoms with van der Waals surface area (Å²) >= 11 is 5.80. The van der Waals surface area contributed by atoms with E-state index in [-0.39, 0.29) is 19.7 Å². The van der Waals surface area contributed by atoms with Gasteiger partial charge in [0.1, 0.15) is 6.54 Å². The van der Waals surface area contributed by atoms with E-state index in [4.69, 9.17) is 16.3 Å². The highest BCUT2D eigenvalue weighted by molar-refractivity contribution is 6.30. The molecule has 112 valence electrons. The number of halogens is 1. The van der Waals surface area contributed by atoms with E-state index >= 15 is 0 Å². The van der Waals surface area contributed by atoms with Crippen LogP contribution in [0.2, 0.25) is 5.02 Å². The van der Waals surface area contributed by atoms with Gasteiger partial charge in [0.15, 0.2) is 0 Å². The fourth-order valence-electron chi connectivity index (χ4n) is 1.84. The highest BCUT2D eigenvalue weighted by Gasteiger charge is 2.34. The summed E-state index contributed by atoms with van der Waals surface area (Å²) in [7, 11) is 0. The lowest BCUT2D eigenvalue weighted by Crippen LogP contribution is -2.62. The summed E-state index contributed by atoms with van der Waals surface area (Å²) in [6, 6.07) is 6.15. The number of carbonyl (C=O) groups excluding carboxylic acids is 3. The third-order valence-corrected chi connectivity index (χ3v) is 3.04. The number of benzene rings is 1. The lowest BCUT2D eigenvalue weighted by molar-refractivity contribution is -0.128. The van der Waals surface area contributed by atoms with Gasteiger partial charge in [-0.25, -0.2) is 19.6 Å². The van der Waals surface area contributed by atoms with Gasteiger partial charge in [0, 0.05) is 5.02 Å². The number of hydrogen-bond donors (Lipinski definition) is 1. The van der Waals surface area contributed by atoms with Gasteiger partial charge in [0.2, 0.25) is 5.91 Å². The SMILES string of the molecule is CCOC(=O)N1CC(=O)NC(=O)N1Cc1ccc(Cl)cc1. The Kier molecular flexibility index (Phi) is 4.64. The Morgan fingerprint density at radius 2 is 2.00 bits per heavy atom. The van der Waals surface area contributed by atoms with Gasteiger partial charge >= 0.3 is 12.1 Å².